The molecule has 1 amide bonds. The van der Waals surface area contributed by atoms with E-state index in [1.165, 1.54) is 135 Å². The van der Waals surface area contributed by atoms with E-state index < -0.39 is 12.1 Å². The Kier molecular flexibility index (Phi) is 39.9. The van der Waals surface area contributed by atoms with Gasteiger partial charge in [0.25, 0.3) is 0 Å². The molecule has 4 nitrogen and oxygen atoms in total. The highest BCUT2D eigenvalue weighted by molar-refractivity contribution is 5.76. The van der Waals surface area contributed by atoms with Gasteiger partial charge in [-0.3, -0.25) is 4.79 Å². The topological polar surface area (TPSA) is 69.6 Å². The number of allylic oxidation sites excluding steroid dienone is 9. The number of carbonyl (C=O) groups is 1. The molecule has 0 aromatic carbocycles. The van der Waals surface area contributed by atoms with Gasteiger partial charge in [-0.1, -0.05) is 197 Å². The lowest BCUT2D eigenvalue weighted by Gasteiger charge is -2.19. The van der Waals surface area contributed by atoms with E-state index in [0.717, 1.165) is 51.4 Å². The third-order valence-corrected chi connectivity index (χ3v) is 9.45. The van der Waals surface area contributed by atoms with E-state index in [2.05, 4.69) is 67.8 Å². The Morgan fingerprint density at radius 2 is 0.880 bits per heavy atom. The van der Waals surface area contributed by atoms with Crippen LogP contribution in [0.4, 0.5) is 0 Å². The lowest BCUT2D eigenvalue weighted by molar-refractivity contribution is -0.123. The minimum atomic E-state index is -0.859. The van der Waals surface area contributed by atoms with E-state index in [0.29, 0.717) is 6.42 Å². The van der Waals surface area contributed by atoms with Crippen molar-refractivity contribution in [1.82, 2.24) is 5.32 Å². The average Bonchev–Trinajstić information content (AvgIpc) is 3.12. The van der Waals surface area contributed by atoms with Gasteiger partial charge in [0.15, 0.2) is 0 Å². The molecule has 0 fully saturated rings. The van der Waals surface area contributed by atoms with Crippen molar-refractivity contribution in [2.45, 2.75) is 219 Å². The molecule has 0 aromatic heterocycles. The minimum Gasteiger partial charge on any atom is -0.394 e. The first-order valence-corrected chi connectivity index (χ1v) is 21.5. The Labute approximate surface area is 311 Å². The molecule has 0 aromatic rings. The summed E-state index contributed by atoms with van der Waals surface area (Å²) in [4.78, 5) is 12.3. The van der Waals surface area contributed by atoms with Gasteiger partial charge in [-0.05, 0) is 64.2 Å². The quantitative estimate of drug-likeness (QED) is 0.0444. The standard InChI is InChI=1S/C46H83NO3/c1-3-5-7-9-11-12-13-14-15-16-17-18-19-20-21-22-23-24-25-26-27-28-29-30-31-32-33-34-36-38-40-42-46(50)47-44(43-48)45(49)41-39-37-35-10-8-6-4-2/h8,10,13-14,16-17,19-20,39,41,44-45,48-49H,3-7,9,11-12,15,18,21-38,40,42-43H2,1-2H3,(H,47,50)/b10-8+,14-13-,17-16-,20-19-,41-39+. The van der Waals surface area contributed by atoms with Crippen LogP contribution < -0.4 is 5.32 Å². The van der Waals surface area contributed by atoms with Crippen molar-refractivity contribution >= 4 is 5.91 Å². The van der Waals surface area contributed by atoms with Crippen LogP contribution in [0, 0.1) is 0 Å². The molecule has 290 valence electrons. The Morgan fingerprint density at radius 1 is 0.480 bits per heavy atom. The van der Waals surface area contributed by atoms with E-state index in [1.807, 2.05) is 6.08 Å². The van der Waals surface area contributed by atoms with Crippen LogP contribution in [0.25, 0.3) is 0 Å². The summed E-state index contributed by atoms with van der Waals surface area (Å²) < 4.78 is 0. The zero-order valence-corrected chi connectivity index (χ0v) is 33.2. The molecule has 0 bridgehead atoms. The second-order valence-electron chi connectivity index (χ2n) is 14.4. The number of nitrogens with one attached hydrogen (secondary N) is 1. The molecule has 0 rings (SSSR count). The highest BCUT2D eigenvalue weighted by atomic mass is 16.3. The maximum atomic E-state index is 12.3. The molecule has 0 heterocycles. The van der Waals surface area contributed by atoms with Gasteiger partial charge in [-0.15, -0.1) is 0 Å². The summed E-state index contributed by atoms with van der Waals surface area (Å²) in [5, 5.41) is 22.7. The summed E-state index contributed by atoms with van der Waals surface area (Å²) in [5.41, 5.74) is 0. The van der Waals surface area contributed by atoms with Crippen LogP contribution >= 0.6 is 0 Å². The number of rotatable bonds is 38. The molecule has 0 radical (unpaired) electrons. The van der Waals surface area contributed by atoms with Gasteiger partial charge < -0.3 is 15.5 Å². The fraction of sp³-hybridized carbons (Fsp3) is 0.761. The third-order valence-electron chi connectivity index (χ3n) is 9.45. The van der Waals surface area contributed by atoms with Gasteiger partial charge in [-0.2, -0.15) is 0 Å². The van der Waals surface area contributed by atoms with Crippen LogP contribution in [0.15, 0.2) is 60.8 Å². The van der Waals surface area contributed by atoms with Gasteiger partial charge in [0.05, 0.1) is 18.8 Å². The van der Waals surface area contributed by atoms with Crippen molar-refractivity contribution in [1.29, 1.82) is 0 Å². The normalized spacial score (nSPS) is 13.6. The molecule has 4 heteroatoms. The molecule has 0 spiro atoms. The lowest BCUT2D eigenvalue weighted by Crippen LogP contribution is -2.45. The molecule has 50 heavy (non-hydrogen) atoms. The predicted octanol–water partition coefficient (Wildman–Crippen LogP) is 13.3. The monoisotopic (exact) mass is 698 g/mol. The maximum absolute atomic E-state index is 12.3. The molecule has 0 saturated carbocycles. The Morgan fingerprint density at radius 3 is 1.36 bits per heavy atom. The van der Waals surface area contributed by atoms with Crippen LogP contribution in [-0.2, 0) is 4.79 Å². The maximum Gasteiger partial charge on any atom is 0.220 e. The number of hydrogen-bond donors (Lipinski definition) is 3. The molecular weight excluding hydrogens is 615 g/mol. The van der Waals surface area contributed by atoms with E-state index in [4.69, 9.17) is 0 Å². The summed E-state index contributed by atoms with van der Waals surface area (Å²) in [7, 11) is 0. The fourth-order valence-corrected chi connectivity index (χ4v) is 6.15. The first kappa shape index (κ1) is 48.1. The van der Waals surface area contributed by atoms with Crippen LogP contribution in [0.3, 0.4) is 0 Å². The van der Waals surface area contributed by atoms with Gasteiger partial charge in [0.1, 0.15) is 0 Å². The van der Waals surface area contributed by atoms with Crippen molar-refractivity contribution in [3.63, 3.8) is 0 Å². The Hall–Kier alpha value is -1.91. The number of amides is 1. The van der Waals surface area contributed by atoms with Crippen molar-refractivity contribution in [2.75, 3.05) is 6.61 Å². The molecule has 3 N–H and O–H groups in total. The number of unbranched alkanes of at least 4 members (excludes halogenated alkanes) is 23. The van der Waals surface area contributed by atoms with Crippen LogP contribution in [0.1, 0.15) is 206 Å². The SMILES string of the molecule is CCC/C=C/CC/C=C/C(O)C(CO)NC(=O)CCCCCCCCCCCCCCCCCC/C=C\C/C=C\C/C=C\CCCCCCC. The Balaban J connectivity index is 3.45. The number of aliphatic hydroxyl groups excluding tert-OH is 2. The highest BCUT2D eigenvalue weighted by Gasteiger charge is 2.17. The van der Waals surface area contributed by atoms with Crippen molar-refractivity contribution in [3.8, 4) is 0 Å². The van der Waals surface area contributed by atoms with Gasteiger partial charge in [-0.25, -0.2) is 0 Å². The highest BCUT2D eigenvalue weighted by Crippen LogP contribution is 2.15. The molecule has 0 aliphatic carbocycles. The van der Waals surface area contributed by atoms with E-state index >= 15 is 0 Å². The smallest absolute Gasteiger partial charge is 0.220 e. The number of aliphatic hydroxyl groups is 2. The zero-order valence-electron chi connectivity index (χ0n) is 33.2. The summed E-state index contributed by atoms with van der Waals surface area (Å²) in [6.07, 6.45) is 57.9. The lowest BCUT2D eigenvalue weighted by atomic mass is 10.0. The van der Waals surface area contributed by atoms with Crippen LogP contribution in [-0.4, -0.2) is 34.9 Å². The zero-order chi connectivity index (χ0) is 36.4. The van der Waals surface area contributed by atoms with E-state index in [9.17, 15) is 15.0 Å². The second kappa shape index (κ2) is 41.5. The first-order valence-electron chi connectivity index (χ1n) is 21.5. The van der Waals surface area contributed by atoms with Crippen molar-refractivity contribution in [2.24, 2.45) is 0 Å². The molecule has 2 unspecified atom stereocenters. The Bertz CT molecular complexity index is 842. The van der Waals surface area contributed by atoms with E-state index in [-0.39, 0.29) is 12.5 Å². The number of hydrogen-bond acceptors (Lipinski definition) is 3. The molecule has 0 aliphatic heterocycles. The minimum absolute atomic E-state index is 0.0802. The van der Waals surface area contributed by atoms with Crippen LogP contribution in [0.5, 0.6) is 0 Å². The molecule has 0 saturated heterocycles. The van der Waals surface area contributed by atoms with Gasteiger partial charge >= 0.3 is 0 Å². The second-order valence-corrected chi connectivity index (χ2v) is 14.4. The summed E-state index contributed by atoms with van der Waals surface area (Å²) >= 11 is 0. The third kappa shape index (κ3) is 37.3. The van der Waals surface area contributed by atoms with Gasteiger partial charge in [0.2, 0.25) is 5.91 Å². The van der Waals surface area contributed by atoms with E-state index in [1.54, 1.807) is 6.08 Å². The first-order chi connectivity index (χ1) is 24.7. The fourth-order valence-electron chi connectivity index (χ4n) is 6.15. The molecular formula is C46H83NO3. The number of carbonyl (C=O) groups excluding carboxylic acids is 1. The van der Waals surface area contributed by atoms with Crippen molar-refractivity contribution in [3.05, 3.63) is 60.8 Å². The summed E-state index contributed by atoms with van der Waals surface area (Å²) in [6.45, 7) is 4.17. The largest absolute Gasteiger partial charge is 0.394 e. The summed E-state index contributed by atoms with van der Waals surface area (Å²) in [5.74, 6) is -0.0802. The predicted molar refractivity (Wildman–Crippen MR) is 221 cm³/mol. The summed E-state index contributed by atoms with van der Waals surface area (Å²) in [6, 6.07) is -0.636. The average molecular weight is 698 g/mol. The molecule has 0 aliphatic rings. The van der Waals surface area contributed by atoms with Gasteiger partial charge in [0, 0.05) is 6.42 Å². The molecule has 2 atom stereocenters. The van der Waals surface area contributed by atoms with Crippen molar-refractivity contribution < 1.29 is 15.0 Å². The van der Waals surface area contributed by atoms with Crippen LogP contribution in [0.2, 0.25) is 0 Å².